The van der Waals surface area contributed by atoms with Crippen molar-refractivity contribution in [1.82, 2.24) is 5.32 Å². The van der Waals surface area contributed by atoms with Crippen LogP contribution in [0.1, 0.15) is 21.5 Å². The summed E-state index contributed by atoms with van der Waals surface area (Å²) in [5.74, 6) is -0.595. The highest BCUT2D eigenvalue weighted by molar-refractivity contribution is 6.27. The van der Waals surface area contributed by atoms with Gasteiger partial charge in [0.1, 0.15) is 0 Å². The second kappa shape index (κ2) is 6.58. The van der Waals surface area contributed by atoms with Crippen LogP contribution in [0.25, 0.3) is 0 Å². The number of Topliss-reactive ketones (excluding diaryl/α,β-unsaturated/α-hetero) is 1. The lowest BCUT2D eigenvalue weighted by atomic mass is 9.78. The summed E-state index contributed by atoms with van der Waals surface area (Å²) in [6.45, 7) is 0.400. The summed E-state index contributed by atoms with van der Waals surface area (Å²) in [4.78, 5) is 26.6. The summed E-state index contributed by atoms with van der Waals surface area (Å²) in [6.07, 6.45) is 0. The molecule has 0 aliphatic carbocycles. The van der Waals surface area contributed by atoms with Crippen LogP contribution >= 0.6 is 0 Å². The second-order valence-corrected chi connectivity index (χ2v) is 6.28. The van der Waals surface area contributed by atoms with Gasteiger partial charge in [-0.05, 0) is 23.3 Å². The lowest BCUT2D eigenvalue weighted by Gasteiger charge is -2.36. The van der Waals surface area contributed by atoms with Gasteiger partial charge in [-0.1, -0.05) is 72.8 Å². The van der Waals surface area contributed by atoms with Gasteiger partial charge in [-0.15, -0.1) is 0 Å². The molecule has 0 spiro atoms. The molecule has 1 amide bonds. The first kappa shape index (κ1) is 16.2. The minimum absolute atomic E-state index is 0.237. The normalized spacial score (nSPS) is 18.9. The number of hydrogen-bond donors (Lipinski definition) is 2. The van der Waals surface area contributed by atoms with Crippen molar-refractivity contribution in [2.45, 2.75) is 12.1 Å². The third kappa shape index (κ3) is 2.61. The topological polar surface area (TPSA) is 58.2 Å². The minimum Gasteiger partial charge on any atom is -0.323 e. The van der Waals surface area contributed by atoms with Gasteiger partial charge in [0.05, 0.1) is 5.69 Å². The van der Waals surface area contributed by atoms with Crippen LogP contribution in [0.15, 0.2) is 84.9 Å². The third-order valence-electron chi connectivity index (χ3n) is 4.71. The predicted octanol–water partition coefficient (Wildman–Crippen LogP) is 3.51. The Morgan fingerprint density at radius 1 is 0.769 bits per heavy atom. The van der Waals surface area contributed by atoms with Crippen molar-refractivity contribution < 1.29 is 9.59 Å². The van der Waals surface area contributed by atoms with Gasteiger partial charge in [-0.2, -0.15) is 0 Å². The number of anilines is 1. The highest BCUT2D eigenvalue weighted by Crippen LogP contribution is 2.35. The summed E-state index contributed by atoms with van der Waals surface area (Å²) in [7, 11) is 0. The van der Waals surface area contributed by atoms with Gasteiger partial charge in [-0.25, -0.2) is 0 Å². The molecule has 1 atom stereocenters. The molecule has 0 fully saturated rings. The van der Waals surface area contributed by atoms with E-state index in [9.17, 15) is 9.59 Å². The van der Waals surface area contributed by atoms with Gasteiger partial charge >= 0.3 is 0 Å². The Balaban J connectivity index is 1.81. The minimum atomic E-state index is -1.45. The van der Waals surface area contributed by atoms with E-state index in [1.165, 1.54) is 0 Å². The van der Waals surface area contributed by atoms with Crippen LogP contribution in [0.4, 0.5) is 5.69 Å². The molecule has 3 aromatic carbocycles. The molecule has 26 heavy (non-hydrogen) atoms. The number of para-hydroxylation sites is 1. The Morgan fingerprint density at radius 2 is 1.38 bits per heavy atom. The maximum Gasteiger partial charge on any atom is 0.257 e. The Kier molecular flexibility index (Phi) is 4.11. The molecule has 1 heterocycles. The first-order valence-corrected chi connectivity index (χ1v) is 8.51. The van der Waals surface area contributed by atoms with Gasteiger partial charge in [0.2, 0.25) is 0 Å². The fraction of sp³-hybridized carbons (Fsp3) is 0.0909. The summed E-state index contributed by atoms with van der Waals surface area (Å²) in [5, 5.41) is 6.14. The van der Waals surface area contributed by atoms with E-state index in [0.717, 1.165) is 5.56 Å². The van der Waals surface area contributed by atoms with Crippen LogP contribution in [0, 0.1) is 0 Å². The van der Waals surface area contributed by atoms with E-state index in [4.69, 9.17) is 0 Å². The van der Waals surface area contributed by atoms with Crippen LogP contribution in [0.3, 0.4) is 0 Å². The van der Waals surface area contributed by atoms with Gasteiger partial charge in [0, 0.05) is 12.1 Å². The molecular formula is C22H18N2O2. The maximum absolute atomic E-state index is 13.4. The standard InChI is InChI=1S/C22H18N2O2/c25-20-18-13-7-8-14-19(18)24-21(26)22(20,17-11-5-2-6-12-17)23-15-16-9-3-1-4-10-16/h1-14,23H,15H2,(H,24,26). The highest BCUT2D eigenvalue weighted by atomic mass is 16.2. The first-order valence-electron chi connectivity index (χ1n) is 8.51. The number of hydrogen-bond acceptors (Lipinski definition) is 3. The van der Waals surface area contributed by atoms with Crippen molar-refractivity contribution in [3.05, 3.63) is 102 Å². The molecule has 0 bridgehead atoms. The fourth-order valence-electron chi connectivity index (χ4n) is 3.35. The molecule has 1 aliphatic rings. The summed E-state index contributed by atoms with van der Waals surface area (Å²) >= 11 is 0. The van der Waals surface area contributed by atoms with Gasteiger partial charge in [0.25, 0.3) is 5.91 Å². The fourth-order valence-corrected chi connectivity index (χ4v) is 3.35. The number of amides is 1. The lowest BCUT2D eigenvalue weighted by molar-refractivity contribution is -0.121. The number of fused-ring (bicyclic) bond motifs is 1. The molecule has 0 aromatic heterocycles. The quantitative estimate of drug-likeness (QED) is 0.714. The van der Waals surface area contributed by atoms with E-state index in [1.54, 1.807) is 24.3 Å². The number of carbonyl (C=O) groups excluding carboxylic acids is 2. The zero-order valence-corrected chi connectivity index (χ0v) is 14.1. The molecule has 4 rings (SSSR count). The van der Waals surface area contributed by atoms with E-state index < -0.39 is 5.54 Å². The highest BCUT2D eigenvalue weighted by Gasteiger charge is 2.50. The zero-order valence-electron chi connectivity index (χ0n) is 14.1. The Morgan fingerprint density at radius 3 is 2.12 bits per heavy atom. The van der Waals surface area contributed by atoms with E-state index in [2.05, 4.69) is 10.6 Å². The molecule has 3 aromatic rings. The summed E-state index contributed by atoms with van der Waals surface area (Å²) < 4.78 is 0. The van der Waals surface area contributed by atoms with Gasteiger partial charge < -0.3 is 5.32 Å². The zero-order chi connectivity index (χ0) is 18.0. The number of nitrogens with one attached hydrogen (secondary N) is 2. The molecule has 4 heteroatoms. The van der Waals surface area contributed by atoms with Crippen LogP contribution in [-0.4, -0.2) is 11.7 Å². The van der Waals surface area contributed by atoms with Crippen molar-refractivity contribution in [2.75, 3.05) is 5.32 Å². The summed E-state index contributed by atoms with van der Waals surface area (Å²) in [5.41, 5.74) is 1.24. The average molecular weight is 342 g/mol. The average Bonchev–Trinajstić information content (AvgIpc) is 2.70. The smallest absolute Gasteiger partial charge is 0.257 e. The van der Waals surface area contributed by atoms with E-state index in [0.29, 0.717) is 23.4 Å². The predicted molar refractivity (Wildman–Crippen MR) is 101 cm³/mol. The molecule has 0 radical (unpaired) electrons. The van der Waals surface area contributed by atoms with Crippen molar-refractivity contribution in [1.29, 1.82) is 0 Å². The molecule has 0 saturated heterocycles. The molecule has 2 N–H and O–H groups in total. The third-order valence-corrected chi connectivity index (χ3v) is 4.71. The van der Waals surface area contributed by atoms with Crippen molar-refractivity contribution in [3.8, 4) is 0 Å². The Labute approximate surface area is 151 Å². The largest absolute Gasteiger partial charge is 0.323 e. The van der Waals surface area contributed by atoms with Crippen LogP contribution in [0.2, 0.25) is 0 Å². The van der Waals surface area contributed by atoms with Crippen molar-refractivity contribution >= 4 is 17.4 Å². The number of ketones is 1. The number of benzene rings is 3. The van der Waals surface area contributed by atoms with Crippen molar-refractivity contribution in [3.63, 3.8) is 0 Å². The van der Waals surface area contributed by atoms with E-state index in [1.807, 2.05) is 60.7 Å². The number of carbonyl (C=O) groups is 2. The van der Waals surface area contributed by atoms with E-state index >= 15 is 0 Å². The Bertz CT molecular complexity index is 954. The van der Waals surface area contributed by atoms with Crippen LogP contribution in [0.5, 0.6) is 0 Å². The molecular weight excluding hydrogens is 324 g/mol. The van der Waals surface area contributed by atoms with Crippen LogP contribution < -0.4 is 10.6 Å². The first-order chi connectivity index (χ1) is 12.7. The Hall–Kier alpha value is -3.24. The van der Waals surface area contributed by atoms with Crippen LogP contribution in [-0.2, 0) is 16.9 Å². The van der Waals surface area contributed by atoms with E-state index in [-0.39, 0.29) is 11.7 Å². The monoisotopic (exact) mass is 342 g/mol. The molecule has 128 valence electrons. The van der Waals surface area contributed by atoms with Gasteiger partial charge in [-0.3, -0.25) is 14.9 Å². The molecule has 0 saturated carbocycles. The number of rotatable bonds is 4. The van der Waals surface area contributed by atoms with Gasteiger partial charge in [0.15, 0.2) is 11.3 Å². The maximum atomic E-state index is 13.4. The van der Waals surface area contributed by atoms with Crippen molar-refractivity contribution in [2.24, 2.45) is 0 Å². The molecule has 1 unspecified atom stereocenters. The second-order valence-electron chi connectivity index (χ2n) is 6.28. The SMILES string of the molecule is O=C1Nc2ccccc2C(=O)C1(NCc1ccccc1)c1ccccc1. The lowest BCUT2D eigenvalue weighted by Crippen LogP contribution is -2.59. The summed E-state index contributed by atoms with van der Waals surface area (Å²) in [6, 6.07) is 26.0. The molecule has 1 aliphatic heterocycles. The molecule has 4 nitrogen and oxygen atoms in total.